The maximum Gasteiger partial charge on any atom is 0.383 e. The van der Waals surface area contributed by atoms with E-state index in [1.807, 2.05) is 0 Å². The summed E-state index contributed by atoms with van der Waals surface area (Å²) in [6.45, 7) is 1.72. The summed E-state index contributed by atoms with van der Waals surface area (Å²) in [7, 11) is 0. The molecule has 0 bridgehead atoms. The highest BCUT2D eigenvalue weighted by Crippen LogP contribution is 2.13. The van der Waals surface area contributed by atoms with Gasteiger partial charge in [0.05, 0.1) is 11.9 Å². The van der Waals surface area contributed by atoms with Crippen LogP contribution in [0.25, 0.3) is 0 Å². The van der Waals surface area contributed by atoms with Gasteiger partial charge in [-0.05, 0) is 6.92 Å². The maximum absolute atomic E-state index is 11.5. The number of nitrogens with zero attached hydrogens (tertiary/aromatic N) is 3. The van der Waals surface area contributed by atoms with E-state index in [0.717, 1.165) is 0 Å². The molecule has 1 fully saturated rings. The van der Waals surface area contributed by atoms with Crippen LogP contribution in [0.2, 0.25) is 0 Å². The Labute approximate surface area is 96.4 Å². The van der Waals surface area contributed by atoms with Crippen molar-refractivity contribution in [1.82, 2.24) is 15.0 Å². The molecule has 1 aromatic heterocycles. The Balaban J connectivity index is 2.09. The van der Waals surface area contributed by atoms with E-state index in [2.05, 4.69) is 14.8 Å². The second-order valence-corrected chi connectivity index (χ2v) is 3.50. The largest absolute Gasteiger partial charge is 0.383 e. The van der Waals surface area contributed by atoms with E-state index in [4.69, 9.17) is 0 Å². The number of amides is 2. The topological polar surface area (TPSA) is 89.5 Å². The summed E-state index contributed by atoms with van der Waals surface area (Å²) in [4.78, 5) is 46.2. The number of hydrogen-bond acceptors (Lipinski definition) is 6. The van der Waals surface area contributed by atoms with Crippen LogP contribution >= 0.6 is 0 Å². The molecule has 2 amide bonds. The quantitative estimate of drug-likeness (QED) is 0.670. The van der Waals surface area contributed by atoms with E-state index in [1.165, 1.54) is 12.4 Å². The number of carbonyl (C=O) groups excluding carboxylic acids is 3. The van der Waals surface area contributed by atoms with Crippen LogP contribution < -0.4 is 0 Å². The molecule has 7 heteroatoms. The molecule has 0 spiro atoms. The van der Waals surface area contributed by atoms with Gasteiger partial charge in [-0.2, -0.15) is 0 Å². The molecular formula is C10H9N3O4. The van der Waals surface area contributed by atoms with Crippen LogP contribution in [0.15, 0.2) is 12.4 Å². The van der Waals surface area contributed by atoms with Crippen molar-refractivity contribution >= 4 is 17.8 Å². The lowest BCUT2D eigenvalue weighted by molar-refractivity contribution is -0.172. The second kappa shape index (κ2) is 4.28. The van der Waals surface area contributed by atoms with Crippen molar-refractivity contribution in [2.45, 2.75) is 19.8 Å². The Bertz CT molecular complexity index is 467. The standard InChI is InChI=1S/C10H9N3O4/c1-6-4-12-7(5-11-6)10(16)17-13-8(14)2-3-9(13)15/h4-5H,2-3H2,1H3. The van der Waals surface area contributed by atoms with Crippen LogP contribution in [0.4, 0.5) is 0 Å². The van der Waals surface area contributed by atoms with Gasteiger partial charge < -0.3 is 4.84 Å². The number of aromatic nitrogens is 2. The van der Waals surface area contributed by atoms with Crippen LogP contribution in [-0.2, 0) is 14.4 Å². The molecule has 0 unspecified atom stereocenters. The van der Waals surface area contributed by atoms with Crippen molar-refractivity contribution in [3.8, 4) is 0 Å². The third-order valence-electron chi connectivity index (χ3n) is 2.17. The minimum atomic E-state index is -0.874. The van der Waals surface area contributed by atoms with E-state index in [9.17, 15) is 14.4 Å². The molecule has 0 N–H and O–H groups in total. The monoisotopic (exact) mass is 235 g/mol. The van der Waals surface area contributed by atoms with Crippen molar-refractivity contribution in [2.24, 2.45) is 0 Å². The minimum absolute atomic E-state index is 0.0527. The number of hydrogen-bond donors (Lipinski definition) is 0. The van der Waals surface area contributed by atoms with Crippen LogP contribution in [0.3, 0.4) is 0 Å². The van der Waals surface area contributed by atoms with Crippen molar-refractivity contribution < 1.29 is 19.2 Å². The highest BCUT2D eigenvalue weighted by molar-refractivity contribution is 6.02. The van der Waals surface area contributed by atoms with Gasteiger partial charge in [-0.1, -0.05) is 0 Å². The van der Waals surface area contributed by atoms with E-state index in [0.29, 0.717) is 10.8 Å². The van der Waals surface area contributed by atoms with Crippen molar-refractivity contribution in [1.29, 1.82) is 0 Å². The average Bonchev–Trinajstić information content (AvgIpc) is 2.61. The summed E-state index contributed by atoms with van der Waals surface area (Å²) in [5.41, 5.74) is 0.595. The van der Waals surface area contributed by atoms with E-state index in [1.54, 1.807) is 6.92 Å². The summed E-state index contributed by atoms with van der Waals surface area (Å²) in [6, 6.07) is 0. The van der Waals surface area contributed by atoms with Gasteiger partial charge in [0.25, 0.3) is 11.8 Å². The molecule has 17 heavy (non-hydrogen) atoms. The van der Waals surface area contributed by atoms with Gasteiger partial charge in [0.1, 0.15) is 0 Å². The summed E-state index contributed by atoms with van der Waals surface area (Å²) >= 11 is 0. The fraction of sp³-hybridized carbons (Fsp3) is 0.300. The molecule has 7 nitrogen and oxygen atoms in total. The Morgan fingerprint density at radius 3 is 2.41 bits per heavy atom. The first-order valence-electron chi connectivity index (χ1n) is 4.94. The van der Waals surface area contributed by atoms with Gasteiger partial charge in [-0.3, -0.25) is 14.6 Å². The third kappa shape index (κ3) is 2.27. The summed E-state index contributed by atoms with van der Waals surface area (Å²) in [6.07, 6.45) is 2.74. The molecule has 2 heterocycles. The van der Waals surface area contributed by atoms with Gasteiger partial charge >= 0.3 is 5.97 Å². The predicted octanol–water partition coefficient (Wildman–Crippen LogP) is 0.00582. The normalized spacial score (nSPS) is 15.2. The molecule has 0 atom stereocenters. The van der Waals surface area contributed by atoms with Crippen LogP contribution in [-0.4, -0.2) is 32.8 Å². The second-order valence-electron chi connectivity index (χ2n) is 3.50. The lowest BCUT2D eigenvalue weighted by Gasteiger charge is -2.11. The number of carbonyl (C=O) groups is 3. The molecule has 2 rings (SSSR count). The molecule has 1 aromatic rings. The predicted molar refractivity (Wildman–Crippen MR) is 53.3 cm³/mol. The average molecular weight is 235 g/mol. The van der Waals surface area contributed by atoms with E-state index in [-0.39, 0.29) is 18.5 Å². The Hall–Kier alpha value is -2.31. The molecule has 0 radical (unpaired) electrons. The van der Waals surface area contributed by atoms with Crippen LogP contribution in [0, 0.1) is 6.92 Å². The molecule has 88 valence electrons. The number of aryl methyl sites for hydroxylation is 1. The molecule has 0 saturated carbocycles. The first-order chi connectivity index (χ1) is 8.08. The summed E-state index contributed by atoms with van der Waals surface area (Å²) in [5.74, 6) is -1.92. The summed E-state index contributed by atoms with van der Waals surface area (Å²) < 4.78 is 0. The zero-order valence-electron chi connectivity index (χ0n) is 9.04. The van der Waals surface area contributed by atoms with Crippen molar-refractivity contribution in [2.75, 3.05) is 0 Å². The molecular weight excluding hydrogens is 226 g/mol. The SMILES string of the molecule is Cc1cnc(C(=O)ON2C(=O)CCC2=O)cn1. The molecule has 1 aliphatic heterocycles. The fourth-order valence-electron chi connectivity index (χ4n) is 1.29. The maximum atomic E-state index is 11.5. The third-order valence-corrected chi connectivity index (χ3v) is 2.17. The lowest BCUT2D eigenvalue weighted by Crippen LogP contribution is -2.32. The van der Waals surface area contributed by atoms with Crippen molar-refractivity contribution in [3.05, 3.63) is 23.8 Å². The first-order valence-corrected chi connectivity index (χ1v) is 4.94. The molecule has 1 aliphatic rings. The van der Waals surface area contributed by atoms with Gasteiger partial charge in [0.2, 0.25) is 0 Å². The Kier molecular flexibility index (Phi) is 2.82. The minimum Gasteiger partial charge on any atom is -0.323 e. The highest BCUT2D eigenvalue weighted by atomic mass is 16.7. The zero-order valence-corrected chi connectivity index (χ0v) is 9.04. The van der Waals surface area contributed by atoms with Gasteiger partial charge in [0.15, 0.2) is 5.69 Å². The summed E-state index contributed by atoms with van der Waals surface area (Å²) in [5, 5.41) is 0.476. The lowest BCUT2D eigenvalue weighted by atomic mass is 10.4. The fourth-order valence-corrected chi connectivity index (χ4v) is 1.29. The van der Waals surface area contributed by atoms with Crippen LogP contribution in [0.5, 0.6) is 0 Å². The molecule has 1 saturated heterocycles. The van der Waals surface area contributed by atoms with Crippen LogP contribution in [0.1, 0.15) is 29.0 Å². The van der Waals surface area contributed by atoms with Gasteiger partial charge in [0, 0.05) is 19.0 Å². The Morgan fingerprint density at radius 1 is 1.24 bits per heavy atom. The van der Waals surface area contributed by atoms with Gasteiger partial charge in [-0.25, -0.2) is 9.78 Å². The number of hydroxylamine groups is 2. The smallest absolute Gasteiger partial charge is 0.323 e. The van der Waals surface area contributed by atoms with Gasteiger partial charge in [-0.15, -0.1) is 5.06 Å². The highest BCUT2D eigenvalue weighted by Gasteiger charge is 2.33. The first kappa shape index (κ1) is 11.2. The van der Waals surface area contributed by atoms with E-state index >= 15 is 0 Å². The van der Waals surface area contributed by atoms with Crippen molar-refractivity contribution in [3.63, 3.8) is 0 Å². The molecule has 0 aromatic carbocycles. The number of rotatable bonds is 2. The van der Waals surface area contributed by atoms with E-state index < -0.39 is 17.8 Å². The Morgan fingerprint density at radius 2 is 1.88 bits per heavy atom. The molecule has 0 aliphatic carbocycles. The number of imide groups is 1. The zero-order chi connectivity index (χ0) is 12.4.